The third-order valence-electron chi connectivity index (χ3n) is 7.52. The molecule has 5 rings (SSSR count). The molecular formula is C31H36N6O6. The highest BCUT2D eigenvalue weighted by atomic mass is 16.6. The van der Waals surface area contributed by atoms with E-state index in [2.05, 4.69) is 25.1 Å². The van der Waals surface area contributed by atoms with Crippen molar-refractivity contribution in [1.82, 2.24) is 24.7 Å². The summed E-state index contributed by atoms with van der Waals surface area (Å²) in [7, 11) is 0. The SMILES string of the molecule is O=C(O)c1ccc(CCCN2CCN(C(=O)Oc3ccc(NC(=O)c4ccc(CN5CCOCC5)cc4)nc3)CC2)nc1. The van der Waals surface area contributed by atoms with Gasteiger partial charge in [0, 0.05) is 63.3 Å². The minimum absolute atomic E-state index is 0.183. The van der Waals surface area contributed by atoms with Crippen LogP contribution in [-0.2, 0) is 17.7 Å². The van der Waals surface area contributed by atoms with Gasteiger partial charge in [-0.15, -0.1) is 0 Å². The van der Waals surface area contributed by atoms with E-state index < -0.39 is 12.1 Å². The first-order chi connectivity index (χ1) is 20.9. The second-order valence-corrected chi connectivity index (χ2v) is 10.6. The molecule has 2 aliphatic rings. The number of aromatic carboxylic acids is 1. The van der Waals surface area contributed by atoms with Gasteiger partial charge in [-0.3, -0.25) is 19.6 Å². The maximum absolute atomic E-state index is 12.7. The van der Waals surface area contributed by atoms with Crippen molar-refractivity contribution in [2.24, 2.45) is 0 Å². The van der Waals surface area contributed by atoms with E-state index in [-0.39, 0.29) is 11.5 Å². The standard InChI is InChI=1S/C31H36N6O6/c38-29(24-5-3-23(4-6-24)22-36-16-18-42-19-17-36)34-28-10-9-27(21-33-28)43-31(41)37-14-12-35(13-15-37)11-1-2-26-8-7-25(20-32-26)30(39)40/h3-10,20-21H,1-2,11-19,22H2,(H,39,40)(H,33,34,38). The average molecular weight is 589 g/mol. The first-order valence-electron chi connectivity index (χ1n) is 14.5. The molecule has 0 atom stereocenters. The number of anilines is 1. The predicted octanol–water partition coefficient (Wildman–Crippen LogP) is 3.01. The number of hydrogen-bond acceptors (Lipinski definition) is 9. The van der Waals surface area contributed by atoms with Gasteiger partial charge in [0.05, 0.1) is 25.0 Å². The topological polar surface area (TPSA) is 137 Å². The molecule has 1 aromatic carbocycles. The number of ether oxygens (including phenoxy) is 2. The molecule has 0 bridgehead atoms. The fourth-order valence-corrected chi connectivity index (χ4v) is 4.98. The summed E-state index contributed by atoms with van der Waals surface area (Å²) >= 11 is 0. The number of rotatable bonds is 10. The minimum atomic E-state index is -0.981. The summed E-state index contributed by atoms with van der Waals surface area (Å²) in [5.41, 5.74) is 2.72. The van der Waals surface area contributed by atoms with Crippen LogP contribution >= 0.6 is 0 Å². The number of hydrogen-bond donors (Lipinski definition) is 2. The molecular weight excluding hydrogens is 552 g/mol. The molecule has 2 saturated heterocycles. The lowest BCUT2D eigenvalue weighted by Crippen LogP contribution is -2.49. The van der Waals surface area contributed by atoms with E-state index in [0.29, 0.717) is 30.2 Å². The van der Waals surface area contributed by atoms with Crippen LogP contribution in [0.15, 0.2) is 60.9 Å². The Morgan fingerprint density at radius 3 is 2.23 bits per heavy atom. The van der Waals surface area contributed by atoms with Crippen LogP contribution in [0.1, 0.15) is 38.4 Å². The van der Waals surface area contributed by atoms with E-state index in [0.717, 1.165) is 76.6 Å². The third-order valence-corrected chi connectivity index (χ3v) is 7.52. The third kappa shape index (κ3) is 8.80. The highest BCUT2D eigenvalue weighted by molar-refractivity contribution is 6.03. The lowest BCUT2D eigenvalue weighted by Gasteiger charge is -2.33. The number of amides is 2. The van der Waals surface area contributed by atoms with E-state index in [1.807, 2.05) is 12.1 Å². The number of benzene rings is 1. The molecule has 0 aliphatic carbocycles. The van der Waals surface area contributed by atoms with Crippen molar-refractivity contribution >= 4 is 23.8 Å². The molecule has 12 nitrogen and oxygen atoms in total. The van der Waals surface area contributed by atoms with Crippen LogP contribution in [0, 0.1) is 0 Å². The number of carbonyl (C=O) groups is 3. The zero-order valence-corrected chi connectivity index (χ0v) is 24.0. The van der Waals surface area contributed by atoms with Crippen LogP contribution in [0.3, 0.4) is 0 Å². The Balaban J connectivity index is 1.01. The van der Waals surface area contributed by atoms with Crippen molar-refractivity contribution in [3.8, 4) is 5.75 Å². The maximum atomic E-state index is 12.7. The molecule has 2 N–H and O–H groups in total. The lowest BCUT2D eigenvalue weighted by atomic mass is 10.1. The van der Waals surface area contributed by atoms with Gasteiger partial charge in [0.25, 0.3) is 5.91 Å². The number of aromatic nitrogens is 2. The first-order valence-corrected chi connectivity index (χ1v) is 14.5. The van der Waals surface area contributed by atoms with Gasteiger partial charge in [-0.2, -0.15) is 0 Å². The molecule has 0 radical (unpaired) electrons. The van der Waals surface area contributed by atoms with Crippen LogP contribution < -0.4 is 10.1 Å². The van der Waals surface area contributed by atoms with Crippen LogP contribution in [0.2, 0.25) is 0 Å². The van der Waals surface area contributed by atoms with Crippen molar-refractivity contribution in [2.45, 2.75) is 19.4 Å². The lowest BCUT2D eigenvalue weighted by molar-refractivity contribution is 0.0342. The number of carboxylic acid groups (broad SMARTS) is 1. The number of piperazine rings is 1. The number of aryl methyl sites for hydroxylation is 1. The van der Waals surface area contributed by atoms with Crippen molar-refractivity contribution in [1.29, 1.82) is 0 Å². The number of carboxylic acids is 1. The molecule has 2 aliphatic heterocycles. The number of morpholine rings is 1. The van der Waals surface area contributed by atoms with Gasteiger partial charge in [0.1, 0.15) is 5.82 Å². The van der Waals surface area contributed by atoms with Crippen molar-refractivity contribution < 1.29 is 29.0 Å². The largest absolute Gasteiger partial charge is 0.478 e. The molecule has 2 fully saturated rings. The molecule has 0 saturated carbocycles. The van der Waals surface area contributed by atoms with E-state index >= 15 is 0 Å². The fraction of sp³-hybridized carbons (Fsp3) is 0.387. The van der Waals surface area contributed by atoms with Gasteiger partial charge in [0.2, 0.25) is 0 Å². The summed E-state index contributed by atoms with van der Waals surface area (Å²) in [6.45, 7) is 7.58. The van der Waals surface area contributed by atoms with Gasteiger partial charge in [-0.25, -0.2) is 14.6 Å². The molecule has 3 aromatic rings. The monoisotopic (exact) mass is 588 g/mol. The Kier molecular flexibility index (Phi) is 10.3. The fourth-order valence-electron chi connectivity index (χ4n) is 4.98. The summed E-state index contributed by atoms with van der Waals surface area (Å²) in [5.74, 6) is -0.575. The molecule has 4 heterocycles. The second-order valence-electron chi connectivity index (χ2n) is 10.6. The smallest absolute Gasteiger partial charge is 0.415 e. The summed E-state index contributed by atoms with van der Waals surface area (Å²) in [6.07, 6.45) is 4.02. The first kappa shape index (κ1) is 30.1. The van der Waals surface area contributed by atoms with Crippen molar-refractivity contribution in [2.75, 3.05) is 64.3 Å². The molecule has 12 heteroatoms. The van der Waals surface area contributed by atoms with Crippen molar-refractivity contribution in [3.05, 3.63) is 83.3 Å². The number of carbonyl (C=O) groups excluding carboxylic acids is 2. The van der Waals surface area contributed by atoms with Crippen LogP contribution in [0.5, 0.6) is 5.75 Å². The quantitative estimate of drug-likeness (QED) is 0.364. The Morgan fingerprint density at radius 1 is 0.837 bits per heavy atom. The Labute approximate surface area is 250 Å². The molecule has 2 amide bonds. The highest BCUT2D eigenvalue weighted by Gasteiger charge is 2.22. The second kappa shape index (κ2) is 14.7. The normalized spacial score (nSPS) is 16.0. The molecule has 0 unspecified atom stereocenters. The summed E-state index contributed by atoms with van der Waals surface area (Å²) in [5, 5.41) is 11.8. The number of nitrogens with zero attached hydrogens (tertiary/aromatic N) is 5. The summed E-state index contributed by atoms with van der Waals surface area (Å²) in [6, 6.07) is 14.1. The van der Waals surface area contributed by atoms with Gasteiger partial charge in [0.15, 0.2) is 5.75 Å². The minimum Gasteiger partial charge on any atom is -0.478 e. The van der Waals surface area contributed by atoms with Gasteiger partial charge in [-0.05, 0) is 61.3 Å². The molecule has 0 spiro atoms. The maximum Gasteiger partial charge on any atom is 0.415 e. The zero-order chi connectivity index (χ0) is 30.0. The number of pyridine rings is 2. The summed E-state index contributed by atoms with van der Waals surface area (Å²) in [4.78, 5) is 51.0. The van der Waals surface area contributed by atoms with Gasteiger partial charge in [-0.1, -0.05) is 12.1 Å². The average Bonchev–Trinajstić information content (AvgIpc) is 3.03. The Morgan fingerprint density at radius 2 is 1.58 bits per heavy atom. The Hall–Kier alpha value is -4.39. The Bertz CT molecular complexity index is 1370. The molecule has 43 heavy (non-hydrogen) atoms. The summed E-state index contributed by atoms with van der Waals surface area (Å²) < 4.78 is 10.9. The van der Waals surface area contributed by atoms with E-state index in [1.54, 1.807) is 41.3 Å². The van der Waals surface area contributed by atoms with E-state index in [1.165, 1.54) is 12.4 Å². The van der Waals surface area contributed by atoms with Gasteiger partial charge < -0.3 is 24.8 Å². The van der Waals surface area contributed by atoms with Crippen molar-refractivity contribution in [3.63, 3.8) is 0 Å². The van der Waals surface area contributed by atoms with Crippen LogP contribution in [0.25, 0.3) is 0 Å². The predicted molar refractivity (Wildman–Crippen MR) is 158 cm³/mol. The van der Waals surface area contributed by atoms with E-state index in [4.69, 9.17) is 14.6 Å². The molecule has 2 aromatic heterocycles. The van der Waals surface area contributed by atoms with Crippen LogP contribution in [0.4, 0.5) is 10.6 Å². The highest BCUT2D eigenvalue weighted by Crippen LogP contribution is 2.16. The zero-order valence-electron chi connectivity index (χ0n) is 24.0. The number of nitrogens with one attached hydrogen (secondary N) is 1. The van der Waals surface area contributed by atoms with Gasteiger partial charge >= 0.3 is 12.1 Å². The van der Waals surface area contributed by atoms with E-state index in [9.17, 15) is 14.4 Å². The molecule has 226 valence electrons. The van der Waals surface area contributed by atoms with Crippen LogP contribution in [-0.4, -0.2) is 107 Å².